The molecule has 1 saturated heterocycles. The number of H-pyrrole nitrogens is 1. The van der Waals surface area contributed by atoms with E-state index in [-0.39, 0.29) is 12.3 Å². The summed E-state index contributed by atoms with van der Waals surface area (Å²) < 4.78 is 36.4. The molecule has 5 aromatic rings. The Morgan fingerprint density at radius 2 is 1.46 bits per heavy atom. The summed E-state index contributed by atoms with van der Waals surface area (Å²) in [6.07, 6.45) is 2.29. The van der Waals surface area contributed by atoms with Gasteiger partial charge in [0.2, 0.25) is 0 Å². The molecule has 4 aromatic carbocycles. The van der Waals surface area contributed by atoms with Gasteiger partial charge < -0.3 is 23.5 Å². The first-order valence-corrected chi connectivity index (χ1v) is 17.8. The Morgan fingerprint density at radius 3 is 2.17 bits per heavy atom. The van der Waals surface area contributed by atoms with Crippen molar-refractivity contribution in [1.82, 2.24) is 14.9 Å². The largest absolute Gasteiger partial charge is 0.486 e. The summed E-state index contributed by atoms with van der Waals surface area (Å²) >= 11 is 0. The van der Waals surface area contributed by atoms with Crippen molar-refractivity contribution >= 4 is 18.6 Å². The summed E-state index contributed by atoms with van der Waals surface area (Å²) in [6, 6.07) is 32.5. The Balaban J connectivity index is 0.997. The smallest absolute Gasteiger partial charge is 0.335 e. The van der Waals surface area contributed by atoms with Gasteiger partial charge in [-0.05, 0) is 67.6 Å². The van der Waals surface area contributed by atoms with Crippen molar-refractivity contribution in [1.29, 1.82) is 0 Å². The third-order valence-electron chi connectivity index (χ3n) is 8.12. The van der Waals surface area contributed by atoms with Crippen LogP contribution in [0.2, 0.25) is 0 Å². The quantitative estimate of drug-likeness (QED) is 0.122. The van der Waals surface area contributed by atoms with Crippen LogP contribution < -0.4 is 9.47 Å². The minimum absolute atomic E-state index is 0.134. The third-order valence-corrected chi connectivity index (χ3v) is 10.2. The van der Waals surface area contributed by atoms with Gasteiger partial charge in [-0.1, -0.05) is 72.8 Å². The predicted molar refractivity (Wildman–Crippen MR) is 182 cm³/mol. The molecule has 1 fully saturated rings. The van der Waals surface area contributed by atoms with E-state index in [1.54, 1.807) is 0 Å². The number of aromatic nitrogens is 2. The molecule has 0 aliphatic carbocycles. The van der Waals surface area contributed by atoms with Crippen molar-refractivity contribution in [2.75, 3.05) is 26.3 Å². The van der Waals surface area contributed by atoms with Gasteiger partial charge in [0.05, 0.1) is 30.4 Å². The maximum Gasteiger partial charge on any atom is 0.335 e. The number of likely N-dealkylation sites (tertiary alicyclic amines) is 1. The van der Waals surface area contributed by atoms with E-state index in [2.05, 4.69) is 40.2 Å². The van der Waals surface area contributed by atoms with Crippen LogP contribution in [0, 0.1) is 0 Å². The lowest BCUT2D eigenvalue weighted by atomic mass is 10.1. The van der Waals surface area contributed by atoms with E-state index >= 15 is 0 Å². The molecule has 0 unspecified atom stereocenters. The number of ether oxygens (including phenoxy) is 2. The van der Waals surface area contributed by atoms with Crippen LogP contribution in [0.3, 0.4) is 0 Å². The van der Waals surface area contributed by atoms with Gasteiger partial charge >= 0.3 is 7.60 Å². The molecular formula is C37H42N3O5P. The van der Waals surface area contributed by atoms with Crippen LogP contribution in [0.4, 0.5) is 0 Å². The number of rotatable bonds is 14. The summed E-state index contributed by atoms with van der Waals surface area (Å²) in [6.45, 7) is 7.58. The van der Waals surface area contributed by atoms with Gasteiger partial charge in [0, 0.05) is 25.2 Å². The van der Waals surface area contributed by atoms with Gasteiger partial charge in [-0.15, -0.1) is 0 Å². The maximum atomic E-state index is 12.9. The monoisotopic (exact) mass is 639 g/mol. The molecule has 1 N–H and O–H groups in total. The highest BCUT2D eigenvalue weighted by Crippen LogP contribution is 2.51. The first-order chi connectivity index (χ1) is 22.5. The van der Waals surface area contributed by atoms with Crippen molar-refractivity contribution in [2.24, 2.45) is 0 Å². The van der Waals surface area contributed by atoms with Gasteiger partial charge in [0.15, 0.2) is 11.5 Å². The number of hydrogen-bond donors (Lipinski definition) is 1. The fraction of sp³-hybridized carbons (Fsp3) is 0.324. The maximum absolute atomic E-state index is 12.9. The van der Waals surface area contributed by atoms with E-state index in [4.69, 9.17) is 23.5 Å². The van der Waals surface area contributed by atoms with Crippen LogP contribution in [0.5, 0.6) is 11.5 Å². The van der Waals surface area contributed by atoms with Gasteiger partial charge in [-0.3, -0.25) is 9.46 Å². The first kappa shape index (κ1) is 32.0. The number of nitrogens with zero attached hydrogens (tertiary/aromatic N) is 2. The number of imidazole rings is 1. The highest BCUT2D eigenvalue weighted by Gasteiger charge is 2.24. The lowest BCUT2D eigenvalue weighted by molar-refractivity contribution is 0.0932. The Morgan fingerprint density at radius 1 is 0.804 bits per heavy atom. The second-order valence-electron chi connectivity index (χ2n) is 11.6. The Hall–Kier alpha value is -3.94. The Bertz CT molecular complexity index is 1740. The summed E-state index contributed by atoms with van der Waals surface area (Å²) in [4.78, 5) is 10.7. The molecule has 9 heteroatoms. The van der Waals surface area contributed by atoms with Crippen molar-refractivity contribution in [3.8, 4) is 22.9 Å². The minimum Gasteiger partial charge on any atom is -0.486 e. The molecule has 8 nitrogen and oxygen atoms in total. The SMILES string of the molecule is CCOP(=O)(Cc1ccc(COc2ccccc2OC2CCN(Cc3ccc4nc(-c5ccccc5)[nH]c4c3)CC2)cc1)OCC. The van der Waals surface area contributed by atoms with Crippen molar-refractivity contribution < 1.29 is 23.1 Å². The van der Waals surface area contributed by atoms with Gasteiger partial charge in [0.25, 0.3) is 0 Å². The van der Waals surface area contributed by atoms with E-state index in [1.807, 2.05) is 80.6 Å². The van der Waals surface area contributed by atoms with Crippen molar-refractivity contribution in [3.05, 3.63) is 114 Å². The summed E-state index contributed by atoms with van der Waals surface area (Å²) in [5, 5.41) is 0. The molecule has 0 radical (unpaired) electrons. The van der Waals surface area contributed by atoms with Crippen LogP contribution in [-0.4, -0.2) is 47.3 Å². The average molecular weight is 640 g/mol. The topological polar surface area (TPSA) is 85.9 Å². The van der Waals surface area contributed by atoms with E-state index in [0.717, 1.165) is 77.5 Å². The first-order valence-electron chi connectivity index (χ1n) is 16.1. The highest BCUT2D eigenvalue weighted by molar-refractivity contribution is 7.53. The van der Waals surface area contributed by atoms with E-state index in [1.165, 1.54) is 5.56 Å². The molecular weight excluding hydrogens is 597 g/mol. The minimum atomic E-state index is -3.14. The second-order valence-corrected chi connectivity index (χ2v) is 13.6. The van der Waals surface area contributed by atoms with Crippen molar-refractivity contribution in [3.63, 3.8) is 0 Å². The van der Waals surface area contributed by atoms with Gasteiger partial charge in [-0.2, -0.15) is 0 Å². The third kappa shape index (κ3) is 8.25. The van der Waals surface area contributed by atoms with Crippen LogP contribution in [0.25, 0.3) is 22.4 Å². The fourth-order valence-corrected chi connectivity index (χ4v) is 7.53. The second kappa shape index (κ2) is 15.1. The van der Waals surface area contributed by atoms with Crippen LogP contribution in [0.1, 0.15) is 43.4 Å². The number of hydrogen-bond acceptors (Lipinski definition) is 7. The Labute approximate surface area is 271 Å². The van der Waals surface area contributed by atoms with Crippen molar-refractivity contribution in [2.45, 2.75) is 52.1 Å². The molecule has 1 aliphatic heterocycles. The number of aromatic amines is 1. The molecule has 0 bridgehead atoms. The molecule has 0 atom stereocenters. The molecule has 1 aromatic heterocycles. The zero-order valence-electron chi connectivity index (χ0n) is 26.6. The standard InChI is InChI=1S/C37H42N3O5P/c1-3-43-46(41,44-4-2)27-29-16-14-28(15-17-29)26-42-35-12-8-9-13-36(35)45-32-20-22-40(23-21-32)25-30-18-19-33-34(24-30)39-37(38-33)31-10-6-5-7-11-31/h5-19,24,32H,3-4,20-23,25-27H2,1-2H3,(H,38,39). The fourth-order valence-electron chi connectivity index (χ4n) is 5.83. The zero-order chi connectivity index (χ0) is 31.8. The zero-order valence-corrected chi connectivity index (χ0v) is 27.5. The van der Waals surface area contributed by atoms with E-state index in [0.29, 0.717) is 19.8 Å². The summed E-state index contributed by atoms with van der Waals surface area (Å²) in [5.74, 6) is 2.40. The number of piperidine rings is 1. The normalized spacial score (nSPS) is 14.5. The molecule has 6 rings (SSSR count). The number of benzene rings is 4. The lowest BCUT2D eigenvalue weighted by Crippen LogP contribution is -2.37. The Kier molecular flexibility index (Phi) is 10.5. The number of para-hydroxylation sites is 2. The average Bonchev–Trinajstić information content (AvgIpc) is 3.50. The molecule has 0 amide bonds. The van der Waals surface area contributed by atoms with E-state index < -0.39 is 7.60 Å². The van der Waals surface area contributed by atoms with Gasteiger partial charge in [0.1, 0.15) is 18.5 Å². The number of nitrogens with one attached hydrogen (secondary N) is 1. The predicted octanol–water partition coefficient (Wildman–Crippen LogP) is 8.62. The molecule has 0 saturated carbocycles. The van der Waals surface area contributed by atoms with Crippen LogP contribution in [0.15, 0.2) is 97.1 Å². The summed E-state index contributed by atoms with van der Waals surface area (Å²) in [7, 11) is -3.14. The molecule has 0 spiro atoms. The van der Waals surface area contributed by atoms with Crippen LogP contribution >= 0.6 is 7.60 Å². The summed E-state index contributed by atoms with van der Waals surface area (Å²) in [5.41, 5.74) is 6.34. The van der Waals surface area contributed by atoms with E-state index in [9.17, 15) is 4.57 Å². The van der Waals surface area contributed by atoms with Gasteiger partial charge in [-0.25, -0.2) is 4.98 Å². The molecule has 1 aliphatic rings. The van der Waals surface area contributed by atoms with Crippen LogP contribution in [-0.2, 0) is 32.9 Å². The molecule has 240 valence electrons. The molecule has 2 heterocycles. The molecule has 46 heavy (non-hydrogen) atoms. The number of fused-ring (bicyclic) bond motifs is 1. The lowest BCUT2D eigenvalue weighted by Gasteiger charge is -2.32. The highest BCUT2D eigenvalue weighted by atomic mass is 31.2.